The number of nitrogens with one attached hydrogen (secondary N) is 1. The molecule has 0 aromatic carbocycles. The number of amides is 1. The number of nitrogens with zero attached hydrogens (tertiary/aromatic N) is 5. The van der Waals surface area contributed by atoms with E-state index in [1.165, 1.54) is 29.3 Å². The van der Waals surface area contributed by atoms with Crippen molar-refractivity contribution in [1.82, 2.24) is 18.7 Å². The van der Waals surface area contributed by atoms with Gasteiger partial charge in [-0.25, -0.2) is 9.78 Å². The molecule has 0 saturated carbocycles. The van der Waals surface area contributed by atoms with Gasteiger partial charge in [-0.15, -0.1) is 11.3 Å². The van der Waals surface area contributed by atoms with Crippen molar-refractivity contribution in [3.63, 3.8) is 0 Å². The van der Waals surface area contributed by atoms with Gasteiger partial charge < -0.3 is 9.88 Å². The summed E-state index contributed by atoms with van der Waals surface area (Å²) in [4.78, 5) is 41.8. The van der Waals surface area contributed by atoms with Gasteiger partial charge in [0.2, 0.25) is 5.91 Å². The van der Waals surface area contributed by atoms with Crippen molar-refractivity contribution in [2.75, 3.05) is 5.32 Å². The average Bonchev–Trinajstić information content (AvgIpc) is 3.28. The molecule has 0 bridgehead atoms. The summed E-state index contributed by atoms with van der Waals surface area (Å²) in [5.74, 6) is -0.189. The predicted molar refractivity (Wildman–Crippen MR) is 106 cm³/mol. The van der Waals surface area contributed by atoms with Crippen molar-refractivity contribution >= 4 is 33.4 Å². The lowest BCUT2D eigenvalue weighted by Gasteiger charge is -2.07. The minimum absolute atomic E-state index is 0.189. The average molecular weight is 400 g/mol. The van der Waals surface area contributed by atoms with Gasteiger partial charge in [0.15, 0.2) is 11.2 Å². The largest absolute Gasteiger partial charge is 0.332 e. The highest BCUT2D eigenvalue weighted by molar-refractivity contribution is 7.16. The van der Waals surface area contributed by atoms with Crippen LogP contribution in [-0.4, -0.2) is 24.6 Å². The van der Waals surface area contributed by atoms with Crippen LogP contribution in [0.5, 0.6) is 0 Å². The highest BCUT2D eigenvalue weighted by atomic mass is 32.1. The predicted octanol–water partition coefficient (Wildman–Crippen LogP) is 1.35. The van der Waals surface area contributed by atoms with Crippen molar-refractivity contribution < 1.29 is 4.79 Å². The van der Waals surface area contributed by atoms with Crippen LogP contribution in [0.25, 0.3) is 11.2 Å². The van der Waals surface area contributed by atoms with Gasteiger partial charge in [0.1, 0.15) is 11.1 Å². The number of fused-ring (bicyclic) bond motifs is 1. The van der Waals surface area contributed by atoms with Gasteiger partial charge in [-0.05, 0) is 18.9 Å². The molecule has 10 heteroatoms. The second-order valence-electron chi connectivity index (χ2n) is 6.39. The van der Waals surface area contributed by atoms with E-state index in [1.807, 2.05) is 6.92 Å². The summed E-state index contributed by atoms with van der Waals surface area (Å²) in [6.45, 7) is 2.40. The van der Waals surface area contributed by atoms with Gasteiger partial charge in [-0.2, -0.15) is 5.26 Å². The Kier molecular flexibility index (Phi) is 5.46. The first-order valence-electron chi connectivity index (χ1n) is 8.80. The maximum Gasteiger partial charge on any atom is 0.332 e. The fourth-order valence-electron chi connectivity index (χ4n) is 2.96. The molecule has 1 amide bonds. The van der Waals surface area contributed by atoms with Gasteiger partial charge in [-0.3, -0.25) is 18.7 Å². The number of imidazole rings is 1. The number of hydrogen-bond donors (Lipinski definition) is 1. The van der Waals surface area contributed by atoms with Crippen LogP contribution in [0.3, 0.4) is 0 Å². The van der Waals surface area contributed by atoms with Crippen molar-refractivity contribution in [2.45, 2.75) is 32.7 Å². The normalized spacial score (nSPS) is 10.9. The van der Waals surface area contributed by atoms with Crippen molar-refractivity contribution in [3.8, 4) is 6.07 Å². The first-order chi connectivity index (χ1) is 13.4. The Balaban J connectivity index is 1.70. The van der Waals surface area contributed by atoms with Crippen LogP contribution < -0.4 is 16.6 Å². The third-order valence-corrected chi connectivity index (χ3v) is 5.72. The summed E-state index contributed by atoms with van der Waals surface area (Å²) in [6.07, 6.45) is 3.03. The lowest BCUT2D eigenvalue weighted by Crippen LogP contribution is -2.37. The Hall–Kier alpha value is -3.19. The Bertz CT molecular complexity index is 1210. The zero-order valence-electron chi connectivity index (χ0n) is 15.9. The van der Waals surface area contributed by atoms with Crippen LogP contribution in [0, 0.1) is 11.3 Å². The molecule has 0 aliphatic carbocycles. The molecule has 3 aromatic rings. The fourth-order valence-corrected chi connectivity index (χ4v) is 3.92. The molecule has 3 rings (SSSR count). The summed E-state index contributed by atoms with van der Waals surface area (Å²) in [5.41, 5.74) is 0.284. The molecule has 9 nitrogen and oxygen atoms in total. The summed E-state index contributed by atoms with van der Waals surface area (Å²) < 4.78 is 4.02. The molecule has 1 N–H and O–H groups in total. The van der Waals surface area contributed by atoms with E-state index in [9.17, 15) is 19.6 Å². The Morgan fingerprint density at radius 3 is 2.75 bits per heavy atom. The number of carbonyl (C=O) groups is 1. The zero-order chi connectivity index (χ0) is 20.4. The SMILES string of the molecule is CCc1cc(C#N)c(NC(=O)CCCn2cnc3c2c(=O)n(C)c(=O)n3C)s1. The Morgan fingerprint density at radius 1 is 1.32 bits per heavy atom. The molecule has 0 unspecified atom stereocenters. The maximum absolute atomic E-state index is 12.4. The fraction of sp³-hybridized carbons (Fsp3) is 0.389. The molecule has 0 spiro atoms. The third kappa shape index (κ3) is 3.48. The molecule has 28 heavy (non-hydrogen) atoms. The van der Waals surface area contributed by atoms with E-state index in [4.69, 9.17) is 0 Å². The summed E-state index contributed by atoms with van der Waals surface area (Å²) >= 11 is 1.41. The van der Waals surface area contributed by atoms with Gasteiger partial charge in [-0.1, -0.05) is 6.92 Å². The number of anilines is 1. The van der Waals surface area contributed by atoms with Crippen molar-refractivity contribution in [2.24, 2.45) is 14.1 Å². The second-order valence-corrected chi connectivity index (χ2v) is 7.53. The topological polar surface area (TPSA) is 115 Å². The molecule has 0 aliphatic heterocycles. The quantitative estimate of drug-likeness (QED) is 0.671. The minimum Gasteiger partial charge on any atom is -0.325 e. The van der Waals surface area contributed by atoms with Crippen molar-refractivity contribution in [1.29, 1.82) is 5.26 Å². The standard InChI is InChI=1S/C18H20N6O3S/c1-4-12-8-11(9-19)16(28-12)21-13(25)6-5-7-24-10-20-15-14(24)17(26)23(3)18(27)22(15)2/h8,10H,4-7H2,1-3H3,(H,21,25). The summed E-state index contributed by atoms with van der Waals surface area (Å²) in [5, 5.41) is 12.5. The summed E-state index contributed by atoms with van der Waals surface area (Å²) in [6, 6.07) is 3.88. The lowest BCUT2D eigenvalue weighted by atomic mass is 10.2. The molecule has 0 atom stereocenters. The smallest absolute Gasteiger partial charge is 0.325 e. The number of nitriles is 1. The van der Waals surface area contributed by atoms with Crippen LogP contribution in [0.4, 0.5) is 5.00 Å². The molecule has 3 aromatic heterocycles. The van der Waals surface area contributed by atoms with E-state index in [0.29, 0.717) is 34.7 Å². The van der Waals surface area contributed by atoms with Gasteiger partial charge in [0.05, 0.1) is 11.9 Å². The number of aryl methyl sites for hydroxylation is 3. The number of rotatable bonds is 6. The summed E-state index contributed by atoms with van der Waals surface area (Å²) in [7, 11) is 2.99. The Labute approximate surface area is 164 Å². The van der Waals surface area contributed by atoms with Gasteiger partial charge in [0.25, 0.3) is 5.56 Å². The number of carbonyl (C=O) groups excluding carboxylic acids is 1. The number of hydrogen-bond acceptors (Lipinski definition) is 6. The Morgan fingerprint density at radius 2 is 2.07 bits per heavy atom. The van der Waals surface area contributed by atoms with Gasteiger partial charge >= 0.3 is 5.69 Å². The molecular formula is C18H20N6O3S. The van der Waals surface area contributed by atoms with E-state index >= 15 is 0 Å². The molecule has 3 heterocycles. The van der Waals surface area contributed by atoms with E-state index < -0.39 is 11.2 Å². The van der Waals surface area contributed by atoms with E-state index in [-0.39, 0.29) is 12.3 Å². The molecule has 0 fully saturated rings. The zero-order valence-corrected chi connectivity index (χ0v) is 16.7. The minimum atomic E-state index is -0.433. The molecular weight excluding hydrogens is 380 g/mol. The molecule has 0 radical (unpaired) electrons. The van der Waals surface area contributed by atoms with Gasteiger partial charge in [0, 0.05) is 31.9 Å². The lowest BCUT2D eigenvalue weighted by molar-refractivity contribution is -0.116. The first kappa shape index (κ1) is 19.6. The van der Waals surface area contributed by atoms with E-state index in [1.54, 1.807) is 17.7 Å². The van der Waals surface area contributed by atoms with Crippen LogP contribution in [0.1, 0.15) is 30.2 Å². The molecule has 146 valence electrons. The number of aromatic nitrogens is 4. The molecule has 0 aliphatic rings. The second kappa shape index (κ2) is 7.82. The van der Waals surface area contributed by atoms with Crippen molar-refractivity contribution in [3.05, 3.63) is 43.7 Å². The van der Waals surface area contributed by atoms with E-state index in [0.717, 1.165) is 15.9 Å². The van der Waals surface area contributed by atoms with E-state index in [2.05, 4.69) is 16.4 Å². The van der Waals surface area contributed by atoms with Crippen LogP contribution in [-0.2, 0) is 31.9 Å². The highest BCUT2D eigenvalue weighted by Gasteiger charge is 2.15. The van der Waals surface area contributed by atoms with Crippen LogP contribution in [0.15, 0.2) is 22.0 Å². The molecule has 0 saturated heterocycles. The highest BCUT2D eigenvalue weighted by Crippen LogP contribution is 2.28. The first-order valence-corrected chi connectivity index (χ1v) is 9.62. The number of thiophene rings is 1. The van der Waals surface area contributed by atoms with Crippen LogP contribution in [0.2, 0.25) is 0 Å². The van der Waals surface area contributed by atoms with Crippen LogP contribution >= 0.6 is 11.3 Å². The third-order valence-electron chi connectivity index (χ3n) is 4.53. The monoisotopic (exact) mass is 400 g/mol. The maximum atomic E-state index is 12.4.